The predicted molar refractivity (Wildman–Crippen MR) is 47.3 cm³/mol. The zero-order valence-electron chi connectivity index (χ0n) is 7.67. The number of hydrogen-bond acceptors (Lipinski definition) is 1. The maximum atomic E-state index is 8.96. The molecule has 0 bridgehead atoms. The fourth-order valence-electron chi connectivity index (χ4n) is 1.64. The van der Waals surface area contributed by atoms with Crippen molar-refractivity contribution >= 4 is 0 Å². The normalized spacial score (nSPS) is 35.6. The highest BCUT2D eigenvalue weighted by Gasteiger charge is 2.29. The molecule has 2 atom stereocenters. The standard InChI is InChI=1S/C10H18O/c1-8-4-5-9(7-11)6-10(8,2)3/h4-5,8-9,11H,6-7H2,1-3H3/t8-,9+/m1/s1. The molecule has 0 saturated carbocycles. The van der Waals surface area contributed by atoms with Crippen molar-refractivity contribution in [1.29, 1.82) is 0 Å². The van der Waals surface area contributed by atoms with E-state index in [9.17, 15) is 0 Å². The maximum absolute atomic E-state index is 8.96. The van der Waals surface area contributed by atoms with Gasteiger partial charge in [0.15, 0.2) is 0 Å². The van der Waals surface area contributed by atoms with E-state index in [1.807, 2.05) is 0 Å². The summed E-state index contributed by atoms with van der Waals surface area (Å²) in [7, 11) is 0. The lowest BCUT2D eigenvalue weighted by atomic mass is 9.70. The van der Waals surface area contributed by atoms with Crippen molar-refractivity contribution in [2.75, 3.05) is 6.61 Å². The lowest BCUT2D eigenvalue weighted by Crippen LogP contribution is -2.28. The molecule has 1 aliphatic carbocycles. The molecule has 0 aliphatic heterocycles. The first-order chi connectivity index (χ1) is 5.06. The van der Waals surface area contributed by atoms with Crippen molar-refractivity contribution in [3.8, 4) is 0 Å². The summed E-state index contributed by atoms with van der Waals surface area (Å²) < 4.78 is 0. The van der Waals surface area contributed by atoms with Gasteiger partial charge in [-0.25, -0.2) is 0 Å². The van der Waals surface area contributed by atoms with Gasteiger partial charge in [-0.15, -0.1) is 0 Å². The molecule has 1 nitrogen and oxygen atoms in total. The molecule has 1 aliphatic rings. The Hall–Kier alpha value is -0.300. The van der Waals surface area contributed by atoms with Gasteiger partial charge in [-0.1, -0.05) is 32.9 Å². The Balaban J connectivity index is 2.68. The topological polar surface area (TPSA) is 20.2 Å². The first kappa shape index (κ1) is 8.79. The zero-order valence-corrected chi connectivity index (χ0v) is 7.67. The number of allylic oxidation sites excluding steroid dienone is 1. The van der Waals surface area contributed by atoms with Crippen LogP contribution in [0.2, 0.25) is 0 Å². The van der Waals surface area contributed by atoms with Crippen LogP contribution in [0.4, 0.5) is 0 Å². The molecule has 1 heteroatoms. The molecule has 0 fully saturated rings. The van der Waals surface area contributed by atoms with E-state index in [1.54, 1.807) is 0 Å². The summed E-state index contributed by atoms with van der Waals surface area (Å²) in [5.74, 6) is 1.03. The Kier molecular flexibility index (Phi) is 2.38. The van der Waals surface area contributed by atoms with Gasteiger partial charge >= 0.3 is 0 Å². The third kappa shape index (κ3) is 1.84. The zero-order chi connectivity index (χ0) is 8.48. The van der Waals surface area contributed by atoms with Crippen LogP contribution in [0.3, 0.4) is 0 Å². The van der Waals surface area contributed by atoms with E-state index in [4.69, 9.17) is 5.11 Å². The fourth-order valence-corrected chi connectivity index (χ4v) is 1.64. The minimum atomic E-state index is 0.298. The summed E-state index contributed by atoms with van der Waals surface area (Å²) >= 11 is 0. The van der Waals surface area contributed by atoms with Gasteiger partial charge in [-0.2, -0.15) is 0 Å². The van der Waals surface area contributed by atoms with Gasteiger partial charge in [0, 0.05) is 12.5 Å². The van der Waals surface area contributed by atoms with Crippen LogP contribution in [0, 0.1) is 17.3 Å². The molecule has 0 spiro atoms. The molecular formula is C10H18O. The Morgan fingerprint density at radius 1 is 1.45 bits per heavy atom. The van der Waals surface area contributed by atoms with E-state index in [0.29, 0.717) is 23.9 Å². The van der Waals surface area contributed by atoms with E-state index in [-0.39, 0.29) is 0 Å². The first-order valence-corrected chi connectivity index (χ1v) is 4.35. The van der Waals surface area contributed by atoms with Crippen molar-refractivity contribution < 1.29 is 5.11 Å². The number of hydrogen-bond donors (Lipinski definition) is 1. The molecule has 64 valence electrons. The van der Waals surface area contributed by atoms with Crippen LogP contribution in [0.25, 0.3) is 0 Å². The van der Waals surface area contributed by atoms with Gasteiger partial charge in [-0.3, -0.25) is 0 Å². The Morgan fingerprint density at radius 2 is 2.09 bits per heavy atom. The van der Waals surface area contributed by atoms with Crippen LogP contribution < -0.4 is 0 Å². The highest BCUT2D eigenvalue weighted by Crippen LogP contribution is 2.38. The van der Waals surface area contributed by atoms with Gasteiger partial charge in [0.05, 0.1) is 0 Å². The fraction of sp³-hybridized carbons (Fsp3) is 0.800. The Bertz CT molecular complexity index is 158. The van der Waals surface area contributed by atoms with Gasteiger partial charge in [-0.05, 0) is 17.8 Å². The summed E-state index contributed by atoms with van der Waals surface area (Å²) in [6.45, 7) is 7.07. The summed E-state index contributed by atoms with van der Waals surface area (Å²) in [4.78, 5) is 0. The number of rotatable bonds is 1. The minimum absolute atomic E-state index is 0.298. The van der Waals surface area contributed by atoms with E-state index < -0.39 is 0 Å². The molecule has 0 amide bonds. The lowest BCUT2D eigenvalue weighted by Gasteiger charge is -2.36. The molecule has 0 saturated heterocycles. The molecule has 0 radical (unpaired) electrons. The second-order valence-electron chi connectivity index (χ2n) is 4.31. The van der Waals surface area contributed by atoms with Gasteiger partial charge in [0.2, 0.25) is 0 Å². The Labute approximate surface area is 69.1 Å². The van der Waals surface area contributed by atoms with Crippen LogP contribution in [0.5, 0.6) is 0 Å². The summed E-state index contributed by atoms with van der Waals surface area (Å²) in [6.07, 6.45) is 5.49. The van der Waals surface area contributed by atoms with E-state index in [2.05, 4.69) is 32.9 Å². The number of aliphatic hydroxyl groups excluding tert-OH is 1. The molecule has 0 aromatic heterocycles. The second kappa shape index (κ2) is 2.98. The molecule has 0 heterocycles. The van der Waals surface area contributed by atoms with Gasteiger partial charge in [0.25, 0.3) is 0 Å². The SMILES string of the molecule is C[C@@H]1C=C[C@H](CO)CC1(C)C. The average Bonchev–Trinajstić information content (AvgIpc) is 1.95. The predicted octanol–water partition coefficient (Wildman–Crippen LogP) is 2.22. The molecule has 11 heavy (non-hydrogen) atoms. The van der Waals surface area contributed by atoms with Crippen molar-refractivity contribution in [1.82, 2.24) is 0 Å². The quantitative estimate of drug-likeness (QED) is 0.574. The first-order valence-electron chi connectivity index (χ1n) is 4.35. The van der Waals surface area contributed by atoms with Crippen LogP contribution in [-0.4, -0.2) is 11.7 Å². The molecule has 1 N–H and O–H groups in total. The van der Waals surface area contributed by atoms with Crippen LogP contribution in [0.15, 0.2) is 12.2 Å². The average molecular weight is 154 g/mol. The lowest BCUT2D eigenvalue weighted by molar-refractivity contribution is 0.157. The van der Waals surface area contributed by atoms with Crippen LogP contribution in [0.1, 0.15) is 27.2 Å². The van der Waals surface area contributed by atoms with Crippen molar-refractivity contribution in [3.05, 3.63) is 12.2 Å². The maximum Gasteiger partial charge on any atom is 0.0494 e. The molecule has 0 aromatic rings. The van der Waals surface area contributed by atoms with Gasteiger partial charge < -0.3 is 5.11 Å². The molecule has 0 aromatic carbocycles. The second-order valence-corrected chi connectivity index (χ2v) is 4.31. The van der Waals surface area contributed by atoms with Crippen molar-refractivity contribution in [3.63, 3.8) is 0 Å². The third-order valence-corrected chi connectivity index (χ3v) is 2.93. The number of aliphatic hydroxyl groups is 1. The monoisotopic (exact) mass is 154 g/mol. The summed E-state index contributed by atoms with van der Waals surface area (Å²) in [5, 5.41) is 8.96. The summed E-state index contributed by atoms with van der Waals surface area (Å²) in [6, 6.07) is 0. The minimum Gasteiger partial charge on any atom is -0.396 e. The van der Waals surface area contributed by atoms with Crippen LogP contribution >= 0.6 is 0 Å². The molecular weight excluding hydrogens is 136 g/mol. The highest BCUT2D eigenvalue weighted by molar-refractivity contribution is 5.03. The highest BCUT2D eigenvalue weighted by atomic mass is 16.3. The van der Waals surface area contributed by atoms with E-state index >= 15 is 0 Å². The smallest absolute Gasteiger partial charge is 0.0494 e. The molecule has 1 rings (SSSR count). The van der Waals surface area contributed by atoms with E-state index in [0.717, 1.165) is 6.42 Å². The summed E-state index contributed by atoms with van der Waals surface area (Å²) in [5.41, 5.74) is 0.363. The molecule has 0 unspecified atom stereocenters. The largest absolute Gasteiger partial charge is 0.396 e. The van der Waals surface area contributed by atoms with Crippen molar-refractivity contribution in [2.24, 2.45) is 17.3 Å². The van der Waals surface area contributed by atoms with E-state index in [1.165, 1.54) is 0 Å². The van der Waals surface area contributed by atoms with Crippen LogP contribution in [-0.2, 0) is 0 Å². The Morgan fingerprint density at radius 3 is 2.55 bits per heavy atom. The third-order valence-electron chi connectivity index (χ3n) is 2.93. The van der Waals surface area contributed by atoms with Gasteiger partial charge in [0.1, 0.15) is 0 Å². The van der Waals surface area contributed by atoms with Crippen molar-refractivity contribution in [2.45, 2.75) is 27.2 Å².